The fourth-order valence-electron chi connectivity index (χ4n) is 4.96. The van der Waals surface area contributed by atoms with E-state index in [-0.39, 0.29) is 12.0 Å². The number of hydrogen-bond donors (Lipinski definition) is 3. The van der Waals surface area contributed by atoms with E-state index >= 15 is 0 Å². The van der Waals surface area contributed by atoms with Gasteiger partial charge in [-0.25, -0.2) is 9.98 Å². The number of carbonyl (C=O) groups is 1. The Balaban J connectivity index is 1.51. The Labute approximate surface area is 215 Å². The van der Waals surface area contributed by atoms with Crippen LogP contribution in [0.3, 0.4) is 0 Å². The number of nitrogens with one attached hydrogen (secondary N) is 2. The number of nitrogens with zero attached hydrogens (tertiary/aromatic N) is 4. The number of piperidine rings is 1. The lowest BCUT2D eigenvalue weighted by Crippen LogP contribution is -2.34. The molecule has 9 heteroatoms. The average Bonchev–Trinajstić information content (AvgIpc) is 3.45. The molecule has 4 heterocycles. The number of aliphatic hydroxyl groups excluding tert-OH is 1. The highest BCUT2D eigenvalue weighted by Gasteiger charge is 2.29. The summed E-state index contributed by atoms with van der Waals surface area (Å²) in [6, 6.07) is 5.72. The number of likely N-dealkylation sites (tertiary alicyclic amines) is 1. The van der Waals surface area contributed by atoms with Crippen molar-refractivity contribution in [3.63, 3.8) is 0 Å². The number of aliphatic imine (C=N–C) groups is 1. The molecule has 2 aromatic heterocycles. The molecule has 1 saturated heterocycles. The molecule has 2 aliphatic rings. The van der Waals surface area contributed by atoms with Crippen molar-refractivity contribution in [3.8, 4) is 11.1 Å². The van der Waals surface area contributed by atoms with Crippen LogP contribution in [-0.4, -0.2) is 51.4 Å². The molecule has 0 aliphatic carbocycles. The molecule has 36 heavy (non-hydrogen) atoms. The van der Waals surface area contributed by atoms with Gasteiger partial charge < -0.3 is 25.2 Å². The van der Waals surface area contributed by atoms with Crippen LogP contribution >= 0.6 is 11.6 Å². The first-order valence-electron chi connectivity index (χ1n) is 12.0. The summed E-state index contributed by atoms with van der Waals surface area (Å²) < 4.78 is 1.96. The third kappa shape index (κ3) is 4.38. The van der Waals surface area contributed by atoms with Crippen molar-refractivity contribution in [1.29, 1.82) is 0 Å². The topological polar surface area (TPSA) is 94.8 Å². The van der Waals surface area contributed by atoms with Crippen LogP contribution < -0.4 is 10.6 Å². The Bertz CT molecular complexity index is 1420. The maximum absolute atomic E-state index is 12.9. The number of carbonyl (C=O) groups excluding carboxylic acids is 1. The molecule has 2 aliphatic heterocycles. The van der Waals surface area contributed by atoms with Crippen molar-refractivity contribution in [3.05, 3.63) is 70.4 Å². The van der Waals surface area contributed by atoms with Gasteiger partial charge in [0.1, 0.15) is 11.5 Å². The van der Waals surface area contributed by atoms with Gasteiger partial charge in [0.05, 0.1) is 22.4 Å². The molecular weight excluding hydrogens is 476 g/mol. The fraction of sp³-hybridized carbons (Fsp3) is 0.296. The van der Waals surface area contributed by atoms with Crippen LogP contribution in [0, 0.1) is 0 Å². The first-order valence-corrected chi connectivity index (χ1v) is 12.3. The molecule has 1 amide bonds. The molecule has 186 valence electrons. The summed E-state index contributed by atoms with van der Waals surface area (Å²) in [5.74, 6) is 0.345. The lowest BCUT2D eigenvalue weighted by Gasteiger charge is -2.31. The van der Waals surface area contributed by atoms with E-state index in [9.17, 15) is 9.90 Å². The molecule has 0 unspecified atom stereocenters. The monoisotopic (exact) mass is 504 g/mol. The SMILES string of the molecule is C=N/C(=C\C=C(/C)N1CCC(O)CC1)Nc1cc(Cl)c(-c2ccnc3c2ccn3C)c2c1C(=O)NC2. The summed E-state index contributed by atoms with van der Waals surface area (Å²) in [6.45, 7) is 7.74. The quantitative estimate of drug-likeness (QED) is 0.340. The maximum atomic E-state index is 12.9. The van der Waals surface area contributed by atoms with E-state index < -0.39 is 0 Å². The van der Waals surface area contributed by atoms with Gasteiger partial charge in [-0.3, -0.25) is 4.79 Å². The summed E-state index contributed by atoms with van der Waals surface area (Å²) >= 11 is 6.86. The molecule has 1 aromatic carbocycles. The smallest absolute Gasteiger partial charge is 0.254 e. The van der Waals surface area contributed by atoms with E-state index in [1.807, 2.05) is 49.0 Å². The Morgan fingerprint density at radius 2 is 2.08 bits per heavy atom. The molecule has 0 atom stereocenters. The average molecular weight is 505 g/mol. The zero-order valence-electron chi connectivity index (χ0n) is 20.4. The zero-order chi connectivity index (χ0) is 25.4. The number of amides is 1. The van der Waals surface area contributed by atoms with E-state index in [0.29, 0.717) is 28.6 Å². The Hall–Kier alpha value is -3.62. The van der Waals surface area contributed by atoms with Gasteiger partial charge in [-0.1, -0.05) is 11.6 Å². The number of aromatic nitrogens is 2. The van der Waals surface area contributed by atoms with Gasteiger partial charge >= 0.3 is 0 Å². The number of fused-ring (bicyclic) bond motifs is 2. The van der Waals surface area contributed by atoms with Gasteiger partial charge in [-0.05, 0) is 68.0 Å². The summed E-state index contributed by atoms with van der Waals surface area (Å²) in [5.41, 5.74) is 5.66. The van der Waals surface area contributed by atoms with E-state index in [2.05, 4.69) is 32.2 Å². The third-order valence-electron chi connectivity index (χ3n) is 6.95. The lowest BCUT2D eigenvalue weighted by molar-refractivity contribution is 0.0963. The van der Waals surface area contributed by atoms with Gasteiger partial charge in [0.25, 0.3) is 5.91 Å². The minimum Gasteiger partial charge on any atom is -0.393 e. The number of halogens is 1. The summed E-state index contributed by atoms with van der Waals surface area (Å²) in [4.78, 5) is 23.7. The number of allylic oxidation sites excluding steroid dienone is 3. The number of hydrogen-bond acceptors (Lipinski definition) is 6. The molecular formula is C27H29ClN6O2. The van der Waals surface area contributed by atoms with Gasteiger partial charge in [0, 0.05) is 55.7 Å². The second kappa shape index (κ2) is 9.79. The standard InChI is InChI=1S/C27H29ClN6O2/c1-16(34-12-7-17(35)8-13-34)4-5-23(29-2)32-22-14-21(28)24(20-15-31-27(36)25(20)22)18-6-10-30-26-19(18)9-11-33(26)3/h4-6,9-11,14,17,32,35H,2,7-8,12-13,15H2,1,3H3,(H,31,36)/b16-4+,23-5+. The molecule has 0 saturated carbocycles. The van der Waals surface area contributed by atoms with E-state index in [1.165, 1.54) is 0 Å². The summed E-state index contributed by atoms with van der Waals surface area (Å²) in [6.07, 6.45) is 8.83. The van der Waals surface area contributed by atoms with Crippen molar-refractivity contribution in [2.24, 2.45) is 12.0 Å². The van der Waals surface area contributed by atoms with Crippen LogP contribution in [0.25, 0.3) is 22.2 Å². The number of pyridine rings is 1. The lowest BCUT2D eigenvalue weighted by atomic mass is 9.94. The van der Waals surface area contributed by atoms with Gasteiger partial charge in [0.15, 0.2) is 0 Å². The molecule has 5 rings (SSSR count). The van der Waals surface area contributed by atoms with Gasteiger partial charge in [-0.15, -0.1) is 0 Å². The summed E-state index contributed by atoms with van der Waals surface area (Å²) in [7, 11) is 1.95. The maximum Gasteiger partial charge on any atom is 0.254 e. The van der Waals surface area contributed by atoms with E-state index in [4.69, 9.17) is 11.6 Å². The van der Waals surface area contributed by atoms with Crippen LogP contribution in [0.5, 0.6) is 0 Å². The number of rotatable bonds is 6. The van der Waals surface area contributed by atoms with Crippen molar-refractivity contribution < 1.29 is 9.90 Å². The summed E-state index contributed by atoms with van der Waals surface area (Å²) in [5, 5.41) is 17.5. The highest BCUT2D eigenvalue weighted by Crippen LogP contribution is 2.42. The minimum absolute atomic E-state index is 0.161. The second-order valence-corrected chi connectivity index (χ2v) is 9.61. The van der Waals surface area contributed by atoms with Crippen LogP contribution in [0.1, 0.15) is 35.7 Å². The van der Waals surface area contributed by atoms with Crippen molar-refractivity contribution in [1.82, 2.24) is 19.8 Å². The predicted molar refractivity (Wildman–Crippen MR) is 144 cm³/mol. The molecule has 0 radical (unpaired) electrons. The molecule has 3 N–H and O–H groups in total. The normalized spacial score (nSPS) is 16.9. The molecule has 3 aromatic rings. The third-order valence-corrected chi connectivity index (χ3v) is 7.25. The minimum atomic E-state index is -0.220. The van der Waals surface area contributed by atoms with Crippen LogP contribution in [-0.2, 0) is 13.6 Å². The van der Waals surface area contributed by atoms with E-state index in [1.54, 1.807) is 12.3 Å². The Morgan fingerprint density at radius 1 is 1.31 bits per heavy atom. The van der Waals surface area contributed by atoms with E-state index in [0.717, 1.165) is 59.4 Å². The first-order chi connectivity index (χ1) is 17.4. The first kappa shape index (κ1) is 24.1. The fourth-order valence-corrected chi connectivity index (χ4v) is 5.29. The molecule has 8 nitrogen and oxygen atoms in total. The van der Waals surface area contributed by atoms with Gasteiger partial charge in [0.2, 0.25) is 0 Å². The highest BCUT2D eigenvalue weighted by molar-refractivity contribution is 6.35. The van der Waals surface area contributed by atoms with Crippen LogP contribution in [0.2, 0.25) is 5.02 Å². The van der Waals surface area contributed by atoms with Crippen molar-refractivity contribution in [2.75, 3.05) is 18.4 Å². The number of aryl methyl sites for hydroxylation is 1. The van der Waals surface area contributed by atoms with Crippen molar-refractivity contribution in [2.45, 2.75) is 32.4 Å². The highest BCUT2D eigenvalue weighted by atomic mass is 35.5. The van der Waals surface area contributed by atoms with Gasteiger partial charge in [-0.2, -0.15) is 0 Å². The zero-order valence-corrected chi connectivity index (χ0v) is 21.1. The molecule has 0 bridgehead atoms. The number of aliphatic hydroxyl groups is 1. The largest absolute Gasteiger partial charge is 0.393 e. The van der Waals surface area contributed by atoms with Crippen LogP contribution in [0.4, 0.5) is 5.69 Å². The second-order valence-electron chi connectivity index (χ2n) is 9.20. The van der Waals surface area contributed by atoms with Crippen LogP contribution in [0.15, 0.2) is 59.3 Å². The Kier molecular flexibility index (Phi) is 6.55. The number of benzene rings is 1. The molecule has 0 spiro atoms. The number of anilines is 1. The van der Waals surface area contributed by atoms with Crippen molar-refractivity contribution >= 4 is 40.9 Å². The Morgan fingerprint density at radius 3 is 2.83 bits per heavy atom. The predicted octanol–water partition coefficient (Wildman–Crippen LogP) is 4.45. The molecule has 1 fully saturated rings.